The topological polar surface area (TPSA) is 119 Å². The summed E-state index contributed by atoms with van der Waals surface area (Å²) in [5, 5.41) is 22.2. The SMILES string of the molecule is CC(C)C(NC(=O)O)C(=O)N1C[C@@H](C)C[C@H]1c1ncc(-c2ccc(-c3ccc(O)c4c3C3CC[C@H]4C3)cc2)[nH]1. The van der Waals surface area contributed by atoms with E-state index in [0.29, 0.717) is 24.1 Å². The first kappa shape index (κ1) is 25.5. The van der Waals surface area contributed by atoms with Crippen LogP contribution < -0.4 is 5.32 Å². The number of H-pyrrole nitrogens is 1. The Morgan fingerprint density at radius 2 is 1.72 bits per heavy atom. The molecule has 39 heavy (non-hydrogen) atoms. The van der Waals surface area contributed by atoms with Gasteiger partial charge < -0.3 is 25.4 Å². The molecule has 2 bridgehead atoms. The Morgan fingerprint density at radius 1 is 1.03 bits per heavy atom. The summed E-state index contributed by atoms with van der Waals surface area (Å²) in [6.45, 7) is 6.36. The van der Waals surface area contributed by atoms with Gasteiger partial charge in [-0.15, -0.1) is 0 Å². The van der Waals surface area contributed by atoms with Crippen molar-refractivity contribution in [2.75, 3.05) is 6.54 Å². The van der Waals surface area contributed by atoms with Gasteiger partial charge in [0.25, 0.3) is 0 Å². The van der Waals surface area contributed by atoms with Gasteiger partial charge in [-0.2, -0.15) is 0 Å². The van der Waals surface area contributed by atoms with Crippen LogP contribution in [-0.4, -0.2) is 49.7 Å². The highest BCUT2D eigenvalue weighted by atomic mass is 16.4. The number of carbonyl (C=O) groups is 2. The number of hydrogen-bond acceptors (Lipinski definition) is 4. The van der Waals surface area contributed by atoms with Gasteiger partial charge in [0.05, 0.1) is 17.9 Å². The van der Waals surface area contributed by atoms with Gasteiger partial charge in [-0.25, -0.2) is 9.78 Å². The molecule has 5 atom stereocenters. The molecule has 2 amide bonds. The van der Waals surface area contributed by atoms with Crippen LogP contribution in [0.2, 0.25) is 0 Å². The zero-order valence-corrected chi connectivity index (χ0v) is 22.6. The number of fused-ring (bicyclic) bond motifs is 5. The van der Waals surface area contributed by atoms with Crippen LogP contribution in [0.25, 0.3) is 22.4 Å². The van der Waals surface area contributed by atoms with Gasteiger partial charge >= 0.3 is 6.09 Å². The smallest absolute Gasteiger partial charge is 0.405 e. The lowest BCUT2D eigenvalue weighted by Gasteiger charge is -2.29. The number of amides is 2. The molecule has 1 saturated heterocycles. The van der Waals surface area contributed by atoms with Crippen molar-refractivity contribution in [2.45, 2.75) is 70.4 Å². The number of rotatable bonds is 6. The van der Waals surface area contributed by atoms with Crippen molar-refractivity contribution in [3.05, 3.63) is 59.5 Å². The summed E-state index contributed by atoms with van der Waals surface area (Å²) in [5.41, 5.74) is 6.74. The molecule has 204 valence electrons. The number of benzene rings is 2. The van der Waals surface area contributed by atoms with E-state index in [1.165, 1.54) is 24.0 Å². The summed E-state index contributed by atoms with van der Waals surface area (Å²) < 4.78 is 0. The molecule has 0 spiro atoms. The minimum Gasteiger partial charge on any atom is -0.508 e. The van der Waals surface area contributed by atoms with E-state index in [0.717, 1.165) is 41.1 Å². The molecule has 6 rings (SSSR count). The lowest BCUT2D eigenvalue weighted by atomic mass is 9.85. The number of hydrogen-bond donors (Lipinski definition) is 4. The monoisotopic (exact) mass is 528 g/mol. The number of imidazole rings is 1. The van der Waals surface area contributed by atoms with Crippen LogP contribution in [0, 0.1) is 11.8 Å². The number of aromatic nitrogens is 2. The second kappa shape index (κ2) is 9.74. The number of aromatic amines is 1. The second-order valence-corrected chi connectivity index (χ2v) is 11.9. The number of carboxylic acid groups (broad SMARTS) is 1. The van der Waals surface area contributed by atoms with E-state index in [-0.39, 0.29) is 23.8 Å². The minimum atomic E-state index is -1.20. The van der Waals surface area contributed by atoms with Gasteiger partial charge in [0.1, 0.15) is 17.6 Å². The zero-order valence-electron chi connectivity index (χ0n) is 22.6. The van der Waals surface area contributed by atoms with Crippen molar-refractivity contribution in [2.24, 2.45) is 11.8 Å². The maximum absolute atomic E-state index is 13.4. The highest BCUT2D eigenvalue weighted by Crippen LogP contribution is 2.58. The summed E-state index contributed by atoms with van der Waals surface area (Å²) in [6, 6.07) is 11.3. The fourth-order valence-electron chi connectivity index (χ4n) is 7.11. The molecule has 4 N–H and O–H groups in total. The summed E-state index contributed by atoms with van der Waals surface area (Å²) >= 11 is 0. The molecule has 8 nitrogen and oxygen atoms in total. The molecular weight excluding hydrogens is 492 g/mol. The minimum absolute atomic E-state index is 0.166. The Balaban J connectivity index is 1.24. The Hall–Kier alpha value is -3.81. The predicted molar refractivity (Wildman–Crippen MR) is 148 cm³/mol. The maximum atomic E-state index is 13.4. The maximum Gasteiger partial charge on any atom is 0.405 e. The van der Waals surface area contributed by atoms with Crippen molar-refractivity contribution in [1.29, 1.82) is 0 Å². The lowest BCUT2D eigenvalue weighted by Crippen LogP contribution is -2.50. The summed E-state index contributed by atoms with van der Waals surface area (Å²) in [7, 11) is 0. The third-order valence-electron chi connectivity index (χ3n) is 8.94. The summed E-state index contributed by atoms with van der Waals surface area (Å²) in [6.07, 6.45) is 4.91. The Labute approximate surface area is 228 Å². The second-order valence-electron chi connectivity index (χ2n) is 11.9. The standard InChI is InChI=1S/C31H36N4O4/c1-16(2)28(34-31(38)39)30(37)35-15-17(3)12-24(35)29-32-14-23(33-29)19-6-4-18(5-7-19)22-10-11-25(36)27-21-9-8-20(13-21)26(22)27/h4-7,10-11,14,16-17,20-21,24,28,34,36H,8-9,12-13,15H2,1-3H3,(H,32,33)(H,38,39)/t17-,20?,21-,24-,28?/m0/s1. The Kier molecular flexibility index (Phi) is 6.36. The Morgan fingerprint density at radius 3 is 2.41 bits per heavy atom. The molecule has 1 aromatic heterocycles. The van der Waals surface area contributed by atoms with E-state index >= 15 is 0 Å². The van der Waals surface area contributed by atoms with Gasteiger partial charge in [-0.3, -0.25) is 4.79 Å². The van der Waals surface area contributed by atoms with Crippen molar-refractivity contribution < 1.29 is 19.8 Å². The molecule has 2 fully saturated rings. The van der Waals surface area contributed by atoms with Crippen LogP contribution in [-0.2, 0) is 4.79 Å². The molecule has 2 heterocycles. The molecule has 3 aromatic rings. The van der Waals surface area contributed by atoms with Crippen LogP contribution in [0.1, 0.15) is 81.3 Å². The highest BCUT2D eigenvalue weighted by Gasteiger charge is 2.41. The molecule has 0 radical (unpaired) electrons. The van der Waals surface area contributed by atoms with Gasteiger partial charge in [0, 0.05) is 12.1 Å². The number of phenols is 1. The average Bonchev–Trinajstić information content (AvgIpc) is 3.71. The van der Waals surface area contributed by atoms with E-state index in [1.54, 1.807) is 4.90 Å². The number of aromatic hydroxyl groups is 1. The third kappa shape index (κ3) is 4.45. The zero-order chi connectivity index (χ0) is 27.4. The van der Waals surface area contributed by atoms with E-state index in [9.17, 15) is 19.8 Å². The number of nitrogens with zero attached hydrogens (tertiary/aromatic N) is 2. The van der Waals surface area contributed by atoms with Gasteiger partial charge in [-0.1, -0.05) is 51.1 Å². The van der Waals surface area contributed by atoms with Crippen LogP contribution in [0.3, 0.4) is 0 Å². The molecule has 1 aliphatic heterocycles. The van der Waals surface area contributed by atoms with E-state index in [1.807, 2.05) is 26.1 Å². The van der Waals surface area contributed by atoms with Gasteiger partial charge in [-0.05, 0) is 77.7 Å². The number of likely N-dealkylation sites (tertiary alicyclic amines) is 1. The number of phenolic OH excluding ortho intramolecular Hbond substituents is 1. The first-order valence-corrected chi connectivity index (χ1v) is 14.0. The van der Waals surface area contributed by atoms with Crippen molar-refractivity contribution in [3.8, 4) is 28.1 Å². The number of carbonyl (C=O) groups excluding carboxylic acids is 1. The largest absolute Gasteiger partial charge is 0.508 e. The molecule has 8 heteroatoms. The van der Waals surface area contributed by atoms with Crippen LogP contribution in [0.4, 0.5) is 4.79 Å². The molecular formula is C31H36N4O4. The first-order valence-electron chi connectivity index (χ1n) is 14.0. The van der Waals surface area contributed by atoms with Crippen LogP contribution >= 0.6 is 0 Å². The van der Waals surface area contributed by atoms with Gasteiger partial charge in [0.15, 0.2) is 0 Å². The molecule has 2 aliphatic carbocycles. The van der Waals surface area contributed by atoms with Crippen molar-refractivity contribution in [1.82, 2.24) is 20.2 Å². The van der Waals surface area contributed by atoms with Crippen LogP contribution in [0.15, 0.2) is 42.6 Å². The Bertz CT molecular complexity index is 1410. The molecule has 1 saturated carbocycles. The summed E-state index contributed by atoms with van der Waals surface area (Å²) in [4.78, 5) is 34.6. The summed E-state index contributed by atoms with van der Waals surface area (Å²) in [5.74, 6) is 2.11. The fraction of sp³-hybridized carbons (Fsp3) is 0.452. The quantitative estimate of drug-likeness (QED) is 0.312. The third-order valence-corrected chi connectivity index (χ3v) is 8.94. The molecule has 3 aliphatic rings. The van der Waals surface area contributed by atoms with Crippen molar-refractivity contribution >= 4 is 12.0 Å². The first-order chi connectivity index (χ1) is 18.7. The molecule has 2 unspecified atom stereocenters. The highest BCUT2D eigenvalue weighted by molar-refractivity contribution is 5.86. The van der Waals surface area contributed by atoms with Crippen molar-refractivity contribution in [3.63, 3.8) is 0 Å². The molecule has 2 aromatic carbocycles. The van der Waals surface area contributed by atoms with Gasteiger partial charge in [0.2, 0.25) is 5.91 Å². The number of nitrogens with one attached hydrogen (secondary N) is 2. The lowest BCUT2D eigenvalue weighted by molar-refractivity contribution is -0.135. The fourth-order valence-corrected chi connectivity index (χ4v) is 7.11. The van der Waals surface area contributed by atoms with E-state index in [2.05, 4.69) is 52.5 Å². The predicted octanol–water partition coefficient (Wildman–Crippen LogP) is 6.02. The average molecular weight is 529 g/mol. The van der Waals surface area contributed by atoms with E-state index in [4.69, 9.17) is 0 Å². The van der Waals surface area contributed by atoms with E-state index < -0.39 is 12.1 Å². The normalized spacial score (nSPS) is 24.3. The van der Waals surface area contributed by atoms with Crippen LogP contribution in [0.5, 0.6) is 5.75 Å².